The van der Waals surface area contributed by atoms with E-state index in [0.29, 0.717) is 11.3 Å². The number of hydrogen-bond acceptors (Lipinski definition) is 4. The van der Waals surface area contributed by atoms with E-state index >= 15 is 0 Å². The van der Waals surface area contributed by atoms with Crippen molar-refractivity contribution >= 4 is 17.7 Å². The lowest BCUT2D eigenvalue weighted by atomic mass is 9.91. The molecule has 1 amide bonds. The van der Waals surface area contributed by atoms with Crippen molar-refractivity contribution in [2.45, 2.75) is 50.5 Å². The summed E-state index contributed by atoms with van der Waals surface area (Å²) in [7, 11) is 0. The summed E-state index contributed by atoms with van der Waals surface area (Å²) < 4.78 is 5.62. The molecule has 4 nitrogen and oxygen atoms in total. The lowest BCUT2D eigenvalue weighted by Gasteiger charge is -2.25. The summed E-state index contributed by atoms with van der Waals surface area (Å²) in [6.07, 6.45) is 5.28. The van der Waals surface area contributed by atoms with Crippen LogP contribution in [-0.4, -0.2) is 11.2 Å². The van der Waals surface area contributed by atoms with Gasteiger partial charge in [-0.25, -0.2) is 5.84 Å². The molecule has 0 spiro atoms. The average Bonchev–Trinajstić information content (AvgIpc) is 2.77. The highest BCUT2D eigenvalue weighted by atomic mass is 32.2. The van der Waals surface area contributed by atoms with Gasteiger partial charge in [0.15, 0.2) is 0 Å². The van der Waals surface area contributed by atoms with Gasteiger partial charge < -0.3 is 4.42 Å². The molecule has 0 aliphatic heterocycles. The van der Waals surface area contributed by atoms with Gasteiger partial charge in [0.1, 0.15) is 11.5 Å². The molecule has 106 valence electrons. The molecule has 1 aliphatic carbocycles. The monoisotopic (exact) mass is 282 g/mol. The Morgan fingerprint density at radius 3 is 3.05 bits per heavy atom. The number of aryl methyl sites for hydroxylation is 1. The fourth-order valence-electron chi connectivity index (χ4n) is 2.65. The van der Waals surface area contributed by atoms with E-state index in [2.05, 4.69) is 12.3 Å². The second kappa shape index (κ2) is 6.48. The Labute approximate surface area is 118 Å². The normalized spacial score (nSPS) is 23.3. The largest absolute Gasteiger partial charge is 0.465 e. The maximum atomic E-state index is 11.5. The number of rotatable bonds is 4. The van der Waals surface area contributed by atoms with E-state index < -0.39 is 0 Å². The third kappa shape index (κ3) is 3.76. The van der Waals surface area contributed by atoms with Gasteiger partial charge in [0, 0.05) is 5.25 Å². The zero-order valence-electron chi connectivity index (χ0n) is 11.6. The summed E-state index contributed by atoms with van der Waals surface area (Å²) in [6.45, 7) is 4.12. The fourth-order valence-corrected chi connectivity index (χ4v) is 3.99. The molecule has 0 aromatic carbocycles. The molecule has 0 radical (unpaired) electrons. The van der Waals surface area contributed by atoms with Crippen molar-refractivity contribution < 1.29 is 9.21 Å². The second-order valence-corrected chi connectivity index (χ2v) is 6.65. The topological polar surface area (TPSA) is 68.3 Å². The van der Waals surface area contributed by atoms with Crippen LogP contribution in [0.5, 0.6) is 0 Å². The number of nitrogens with one attached hydrogen (secondary N) is 1. The Balaban J connectivity index is 1.91. The number of furan rings is 1. The summed E-state index contributed by atoms with van der Waals surface area (Å²) >= 11 is 1.94. The molecule has 3 N–H and O–H groups in total. The van der Waals surface area contributed by atoms with Gasteiger partial charge in [-0.2, -0.15) is 11.8 Å². The molecule has 19 heavy (non-hydrogen) atoms. The van der Waals surface area contributed by atoms with E-state index in [1.165, 1.54) is 25.7 Å². The van der Waals surface area contributed by atoms with Crippen LogP contribution < -0.4 is 11.3 Å². The molecule has 1 aromatic heterocycles. The van der Waals surface area contributed by atoms with Crippen molar-refractivity contribution in [3.63, 3.8) is 0 Å². The third-order valence-electron chi connectivity index (χ3n) is 3.69. The summed E-state index contributed by atoms with van der Waals surface area (Å²) in [5.41, 5.74) is 2.68. The standard InChI is InChI=1S/C14H22N2O2S/c1-9-4-3-5-12(6-9)19-8-11-7-13(10(2)18-11)14(17)16-15/h7,9,12H,3-6,8,15H2,1-2H3,(H,16,17). The molecule has 1 saturated carbocycles. The lowest BCUT2D eigenvalue weighted by molar-refractivity contribution is 0.0952. The molecule has 0 bridgehead atoms. The van der Waals surface area contributed by atoms with Crippen LogP contribution in [0, 0.1) is 12.8 Å². The lowest BCUT2D eigenvalue weighted by Crippen LogP contribution is -2.30. The quantitative estimate of drug-likeness (QED) is 0.506. The van der Waals surface area contributed by atoms with Crippen LogP contribution in [0.1, 0.15) is 54.5 Å². The van der Waals surface area contributed by atoms with Crippen LogP contribution in [0.25, 0.3) is 0 Å². The minimum atomic E-state index is -0.288. The van der Waals surface area contributed by atoms with Crippen LogP contribution in [0.2, 0.25) is 0 Å². The molecule has 1 heterocycles. The van der Waals surface area contributed by atoms with E-state index in [9.17, 15) is 4.79 Å². The first kappa shape index (κ1) is 14.5. The van der Waals surface area contributed by atoms with Gasteiger partial charge >= 0.3 is 0 Å². The van der Waals surface area contributed by atoms with Crippen molar-refractivity contribution in [3.05, 3.63) is 23.2 Å². The number of nitrogens with two attached hydrogens (primary N) is 1. The first-order chi connectivity index (χ1) is 9.10. The number of carbonyl (C=O) groups excluding carboxylic acids is 1. The smallest absolute Gasteiger partial charge is 0.268 e. The number of nitrogen functional groups attached to an aromatic ring is 1. The van der Waals surface area contributed by atoms with Gasteiger partial charge in [0.05, 0.1) is 11.3 Å². The fraction of sp³-hybridized carbons (Fsp3) is 0.643. The van der Waals surface area contributed by atoms with Crippen LogP contribution in [-0.2, 0) is 5.75 Å². The van der Waals surface area contributed by atoms with Gasteiger partial charge in [0.25, 0.3) is 5.91 Å². The van der Waals surface area contributed by atoms with Gasteiger partial charge in [-0.15, -0.1) is 0 Å². The molecular formula is C14H22N2O2S. The number of hydrogen-bond donors (Lipinski definition) is 2. The Hall–Kier alpha value is -0.940. The molecule has 2 unspecified atom stereocenters. The number of amides is 1. The molecule has 0 saturated heterocycles. The SMILES string of the molecule is Cc1oc(CSC2CCCC(C)C2)cc1C(=O)NN. The predicted octanol–water partition coefficient (Wildman–Crippen LogP) is 3.00. The van der Waals surface area contributed by atoms with Gasteiger partial charge in [-0.3, -0.25) is 10.2 Å². The average molecular weight is 282 g/mol. The first-order valence-corrected chi connectivity index (χ1v) is 7.87. The van der Waals surface area contributed by atoms with E-state index in [1.54, 1.807) is 13.0 Å². The van der Waals surface area contributed by atoms with Crippen molar-refractivity contribution in [2.75, 3.05) is 0 Å². The minimum Gasteiger partial charge on any atom is -0.465 e. The first-order valence-electron chi connectivity index (χ1n) is 6.82. The summed E-state index contributed by atoms with van der Waals surface area (Å²) in [6, 6.07) is 1.80. The summed E-state index contributed by atoms with van der Waals surface area (Å²) in [4.78, 5) is 11.5. The Bertz CT molecular complexity index is 445. The Morgan fingerprint density at radius 2 is 2.37 bits per heavy atom. The number of carbonyl (C=O) groups is 1. The summed E-state index contributed by atoms with van der Waals surface area (Å²) in [5.74, 6) is 8.01. The van der Waals surface area contributed by atoms with Gasteiger partial charge in [-0.05, 0) is 31.7 Å². The number of hydrazine groups is 1. The minimum absolute atomic E-state index is 0.288. The van der Waals surface area contributed by atoms with E-state index in [0.717, 1.165) is 22.7 Å². The summed E-state index contributed by atoms with van der Waals surface area (Å²) in [5, 5.41) is 0.723. The van der Waals surface area contributed by atoms with E-state index in [1.807, 2.05) is 11.8 Å². The molecule has 1 aromatic rings. The molecule has 5 heteroatoms. The predicted molar refractivity (Wildman–Crippen MR) is 77.8 cm³/mol. The van der Waals surface area contributed by atoms with Crippen LogP contribution in [0.15, 0.2) is 10.5 Å². The second-order valence-electron chi connectivity index (χ2n) is 5.36. The van der Waals surface area contributed by atoms with Crippen LogP contribution in [0.3, 0.4) is 0 Å². The van der Waals surface area contributed by atoms with Crippen molar-refractivity contribution in [2.24, 2.45) is 11.8 Å². The molecule has 1 aliphatic rings. The van der Waals surface area contributed by atoms with Crippen LogP contribution in [0.4, 0.5) is 0 Å². The maximum absolute atomic E-state index is 11.5. The zero-order chi connectivity index (χ0) is 13.8. The Morgan fingerprint density at radius 1 is 1.58 bits per heavy atom. The molecule has 1 fully saturated rings. The van der Waals surface area contributed by atoms with Crippen molar-refractivity contribution in [1.29, 1.82) is 0 Å². The third-order valence-corrected chi connectivity index (χ3v) is 5.04. The van der Waals surface area contributed by atoms with Gasteiger partial charge in [0.2, 0.25) is 0 Å². The van der Waals surface area contributed by atoms with Crippen molar-refractivity contribution in [3.8, 4) is 0 Å². The molecule has 2 atom stereocenters. The van der Waals surface area contributed by atoms with E-state index in [-0.39, 0.29) is 5.91 Å². The van der Waals surface area contributed by atoms with E-state index in [4.69, 9.17) is 10.3 Å². The Kier molecular flexibility index (Phi) is 4.93. The zero-order valence-corrected chi connectivity index (χ0v) is 12.4. The maximum Gasteiger partial charge on any atom is 0.268 e. The number of thioether (sulfide) groups is 1. The van der Waals surface area contributed by atoms with Gasteiger partial charge in [-0.1, -0.05) is 19.8 Å². The highest BCUT2D eigenvalue weighted by molar-refractivity contribution is 7.99. The van der Waals surface area contributed by atoms with Crippen molar-refractivity contribution in [1.82, 2.24) is 5.43 Å². The van der Waals surface area contributed by atoms with Crippen LogP contribution >= 0.6 is 11.8 Å². The highest BCUT2D eigenvalue weighted by Gasteiger charge is 2.20. The molecule has 2 rings (SSSR count). The molecular weight excluding hydrogens is 260 g/mol. The highest BCUT2D eigenvalue weighted by Crippen LogP contribution is 2.34.